The van der Waals surface area contributed by atoms with E-state index >= 15 is 0 Å². The molecule has 2 aliphatic heterocycles. The SMILES string of the molecule is O=C(c1cncc(N2Cc3ccccc3C(O)C2)n1)N1CCOCC1. The van der Waals surface area contributed by atoms with Gasteiger partial charge in [0.05, 0.1) is 31.7 Å². The monoisotopic (exact) mass is 340 g/mol. The fourth-order valence-electron chi connectivity index (χ4n) is 3.29. The van der Waals surface area contributed by atoms with Gasteiger partial charge in [0.2, 0.25) is 0 Å². The van der Waals surface area contributed by atoms with Crippen molar-refractivity contribution in [3.05, 3.63) is 53.5 Å². The molecule has 1 fully saturated rings. The highest BCUT2D eigenvalue weighted by molar-refractivity contribution is 5.92. The molecule has 0 radical (unpaired) electrons. The van der Waals surface area contributed by atoms with Gasteiger partial charge in [-0.3, -0.25) is 9.78 Å². The molecule has 1 saturated heterocycles. The van der Waals surface area contributed by atoms with Crippen molar-refractivity contribution in [3.63, 3.8) is 0 Å². The largest absolute Gasteiger partial charge is 0.387 e. The van der Waals surface area contributed by atoms with Crippen LogP contribution in [0.4, 0.5) is 5.82 Å². The summed E-state index contributed by atoms with van der Waals surface area (Å²) >= 11 is 0. The van der Waals surface area contributed by atoms with E-state index in [2.05, 4.69) is 9.97 Å². The number of carbonyl (C=O) groups is 1. The van der Waals surface area contributed by atoms with Crippen LogP contribution in [-0.4, -0.2) is 58.7 Å². The topological polar surface area (TPSA) is 78.8 Å². The normalized spacial score (nSPS) is 20.3. The minimum absolute atomic E-state index is 0.129. The first kappa shape index (κ1) is 16.0. The fraction of sp³-hybridized carbons (Fsp3) is 0.389. The van der Waals surface area contributed by atoms with E-state index in [0.29, 0.717) is 50.9 Å². The third-order valence-electron chi connectivity index (χ3n) is 4.63. The lowest BCUT2D eigenvalue weighted by Crippen LogP contribution is -2.41. The standard InChI is InChI=1S/C18H20N4O3/c23-16-12-22(11-13-3-1-2-4-14(13)16)17-10-19-9-15(20-17)18(24)21-5-7-25-8-6-21/h1-4,9-10,16,23H,5-8,11-12H2. The van der Waals surface area contributed by atoms with Gasteiger partial charge in [-0.05, 0) is 11.1 Å². The summed E-state index contributed by atoms with van der Waals surface area (Å²) < 4.78 is 5.28. The molecule has 0 aliphatic carbocycles. The molecule has 25 heavy (non-hydrogen) atoms. The number of amides is 1. The average molecular weight is 340 g/mol. The summed E-state index contributed by atoms with van der Waals surface area (Å²) in [5.41, 5.74) is 2.34. The molecule has 2 aromatic rings. The number of β-amino-alcohol motifs (C(OH)–C–C–N with tert-alkyl or cyclic N) is 1. The van der Waals surface area contributed by atoms with Gasteiger partial charge in [-0.2, -0.15) is 0 Å². The molecule has 1 amide bonds. The van der Waals surface area contributed by atoms with Crippen LogP contribution in [0.25, 0.3) is 0 Å². The van der Waals surface area contributed by atoms with Crippen LogP contribution < -0.4 is 4.90 Å². The molecule has 2 aliphatic rings. The van der Waals surface area contributed by atoms with Gasteiger partial charge in [0.1, 0.15) is 11.5 Å². The highest BCUT2D eigenvalue weighted by atomic mass is 16.5. The highest BCUT2D eigenvalue weighted by Crippen LogP contribution is 2.28. The number of aliphatic hydroxyl groups excluding tert-OH is 1. The summed E-state index contributed by atoms with van der Waals surface area (Å²) in [6.07, 6.45) is 2.55. The van der Waals surface area contributed by atoms with E-state index in [-0.39, 0.29) is 5.91 Å². The molecule has 1 aromatic carbocycles. The lowest BCUT2D eigenvalue weighted by atomic mass is 9.97. The van der Waals surface area contributed by atoms with Crippen LogP contribution in [-0.2, 0) is 11.3 Å². The molecule has 130 valence electrons. The minimum atomic E-state index is -0.578. The van der Waals surface area contributed by atoms with Crippen molar-refractivity contribution < 1.29 is 14.6 Å². The number of carbonyl (C=O) groups excluding carboxylic acids is 1. The lowest BCUT2D eigenvalue weighted by Gasteiger charge is -2.33. The Bertz CT molecular complexity index is 776. The van der Waals surface area contributed by atoms with Crippen LogP contribution in [0, 0.1) is 0 Å². The second-order valence-electron chi connectivity index (χ2n) is 6.26. The van der Waals surface area contributed by atoms with E-state index in [1.54, 1.807) is 11.1 Å². The maximum absolute atomic E-state index is 12.6. The van der Waals surface area contributed by atoms with E-state index in [0.717, 1.165) is 11.1 Å². The van der Waals surface area contributed by atoms with E-state index in [1.807, 2.05) is 29.2 Å². The van der Waals surface area contributed by atoms with Crippen LogP contribution >= 0.6 is 0 Å². The van der Waals surface area contributed by atoms with Gasteiger partial charge < -0.3 is 19.6 Å². The average Bonchev–Trinajstić information content (AvgIpc) is 2.68. The summed E-state index contributed by atoms with van der Waals surface area (Å²) in [4.78, 5) is 25.0. The molecular weight excluding hydrogens is 320 g/mol. The maximum atomic E-state index is 12.6. The van der Waals surface area contributed by atoms with Crippen molar-refractivity contribution >= 4 is 11.7 Å². The number of nitrogens with zero attached hydrogens (tertiary/aromatic N) is 4. The molecule has 1 unspecified atom stereocenters. The van der Waals surface area contributed by atoms with Crippen molar-refractivity contribution in [2.24, 2.45) is 0 Å². The number of ether oxygens (including phenoxy) is 1. The first-order chi connectivity index (χ1) is 12.2. The summed E-state index contributed by atoms with van der Waals surface area (Å²) in [6, 6.07) is 7.83. The molecule has 4 rings (SSSR count). The van der Waals surface area contributed by atoms with Crippen LogP contribution in [0.2, 0.25) is 0 Å². The number of hydrogen-bond donors (Lipinski definition) is 1. The number of fused-ring (bicyclic) bond motifs is 1. The Morgan fingerprint density at radius 1 is 1.20 bits per heavy atom. The highest BCUT2D eigenvalue weighted by Gasteiger charge is 2.26. The maximum Gasteiger partial charge on any atom is 0.274 e. The quantitative estimate of drug-likeness (QED) is 0.879. The summed E-state index contributed by atoms with van der Waals surface area (Å²) in [6.45, 7) is 3.31. The molecule has 7 heteroatoms. The van der Waals surface area contributed by atoms with Gasteiger partial charge in [0.25, 0.3) is 5.91 Å². The van der Waals surface area contributed by atoms with Crippen LogP contribution in [0.5, 0.6) is 0 Å². The van der Waals surface area contributed by atoms with Crippen LogP contribution in [0.15, 0.2) is 36.7 Å². The summed E-state index contributed by atoms with van der Waals surface area (Å²) in [5.74, 6) is 0.475. The summed E-state index contributed by atoms with van der Waals surface area (Å²) in [7, 11) is 0. The third-order valence-corrected chi connectivity index (χ3v) is 4.63. The summed E-state index contributed by atoms with van der Waals surface area (Å²) in [5, 5.41) is 10.4. The van der Waals surface area contributed by atoms with Gasteiger partial charge in [-0.25, -0.2) is 4.98 Å². The van der Waals surface area contributed by atoms with E-state index in [1.165, 1.54) is 6.20 Å². The molecule has 0 spiro atoms. The van der Waals surface area contributed by atoms with Crippen molar-refractivity contribution in [2.75, 3.05) is 37.7 Å². The first-order valence-corrected chi connectivity index (χ1v) is 8.42. The molecule has 7 nitrogen and oxygen atoms in total. The zero-order valence-electron chi connectivity index (χ0n) is 13.8. The Kier molecular flexibility index (Phi) is 4.33. The predicted octanol–water partition coefficient (Wildman–Crippen LogP) is 1.00. The van der Waals surface area contributed by atoms with Crippen molar-refractivity contribution in [3.8, 4) is 0 Å². The molecular formula is C18H20N4O3. The fourth-order valence-corrected chi connectivity index (χ4v) is 3.29. The van der Waals surface area contributed by atoms with E-state index < -0.39 is 6.10 Å². The van der Waals surface area contributed by atoms with Crippen molar-refractivity contribution in [1.82, 2.24) is 14.9 Å². The predicted molar refractivity (Wildman–Crippen MR) is 91.2 cm³/mol. The number of hydrogen-bond acceptors (Lipinski definition) is 6. The molecule has 1 aromatic heterocycles. The van der Waals surface area contributed by atoms with Crippen LogP contribution in [0.1, 0.15) is 27.7 Å². The molecule has 1 N–H and O–H groups in total. The number of morpholine rings is 1. The minimum Gasteiger partial charge on any atom is -0.387 e. The lowest BCUT2D eigenvalue weighted by molar-refractivity contribution is 0.0298. The van der Waals surface area contributed by atoms with Gasteiger partial charge in [0, 0.05) is 26.2 Å². The van der Waals surface area contributed by atoms with Gasteiger partial charge in [0.15, 0.2) is 0 Å². The number of rotatable bonds is 2. The van der Waals surface area contributed by atoms with Gasteiger partial charge in [-0.1, -0.05) is 24.3 Å². The van der Waals surface area contributed by atoms with Gasteiger partial charge in [-0.15, -0.1) is 0 Å². The Hall–Kier alpha value is -2.51. The van der Waals surface area contributed by atoms with E-state index in [4.69, 9.17) is 4.74 Å². The van der Waals surface area contributed by atoms with Gasteiger partial charge >= 0.3 is 0 Å². The van der Waals surface area contributed by atoms with Crippen LogP contribution in [0.3, 0.4) is 0 Å². The number of aliphatic hydroxyl groups is 1. The number of benzene rings is 1. The third kappa shape index (κ3) is 3.20. The Labute approximate surface area is 145 Å². The molecule has 1 atom stereocenters. The zero-order valence-corrected chi connectivity index (χ0v) is 13.8. The Balaban J connectivity index is 1.57. The van der Waals surface area contributed by atoms with Crippen molar-refractivity contribution in [1.29, 1.82) is 0 Å². The number of anilines is 1. The molecule has 3 heterocycles. The second-order valence-corrected chi connectivity index (χ2v) is 6.26. The number of aromatic nitrogens is 2. The van der Waals surface area contributed by atoms with Crippen molar-refractivity contribution in [2.45, 2.75) is 12.6 Å². The first-order valence-electron chi connectivity index (χ1n) is 8.42. The Morgan fingerprint density at radius 2 is 2.00 bits per heavy atom. The van der Waals surface area contributed by atoms with E-state index in [9.17, 15) is 9.90 Å². The molecule has 0 bridgehead atoms. The molecule has 0 saturated carbocycles. The Morgan fingerprint density at radius 3 is 2.84 bits per heavy atom. The smallest absolute Gasteiger partial charge is 0.274 e. The zero-order chi connectivity index (χ0) is 17.2. The second kappa shape index (κ2) is 6.78.